The number of hydrogen-bond donors (Lipinski definition) is 1. The van der Waals surface area contributed by atoms with Crippen molar-refractivity contribution in [3.63, 3.8) is 0 Å². The van der Waals surface area contributed by atoms with Crippen molar-refractivity contribution in [2.24, 2.45) is 0 Å². The van der Waals surface area contributed by atoms with Crippen molar-refractivity contribution in [2.45, 2.75) is 20.3 Å². The highest BCUT2D eigenvalue weighted by Gasteiger charge is 2.33. The minimum atomic E-state index is -0.664. The van der Waals surface area contributed by atoms with Crippen LogP contribution in [0.3, 0.4) is 0 Å². The van der Waals surface area contributed by atoms with Gasteiger partial charge in [-0.05, 0) is 37.1 Å². The standard InChI is InChI=1S/C19H24N2O6/c1-5-8-20-17(22)13-6-7-15(12(2)9-13)21-11-27-10-14(18(23)25-3)16(21)19(24)26-4/h6-7,9H,5,8,10-11H2,1-4H3,(H,20,22). The van der Waals surface area contributed by atoms with Crippen molar-refractivity contribution in [1.29, 1.82) is 0 Å². The number of rotatable bonds is 6. The van der Waals surface area contributed by atoms with Crippen LogP contribution in [0.1, 0.15) is 29.3 Å². The number of esters is 2. The molecule has 0 atom stereocenters. The Bertz CT molecular complexity index is 771. The number of nitrogens with one attached hydrogen (secondary N) is 1. The molecule has 1 aromatic carbocycles. The van der Waals surface area contributed by atoms with Gasteiger partial charge in [0.2, 0.25) is 0 Å². The lowest BCUT2D eigenvalue weighted by atomic mass is 10.1. The van der Waals surface area contributed by atoms with Gasteiger partial charge in [0.05, 0.1) is 26.4 Å². The summed E-state index contributed by atoms with van der Waals surface area (Å²) >= 11 is 0. The monoisotopic (exact) mass is 376 g/mol. The number of hydrogen-bond acceptors (Lipinski definition) is 7. The largest absolute Gasteiger partial charge is 0.466 e. The van der Waals surface area contributed by atoms with Crippen molar-refractivity contribution in [1.82, 2.24) is 5.32 Å². The van der Waals surface area contributed by atoms with E-state index in [1.165, 1.54) is 14.2 Å². The minimum absolute atomic E-state index is 0.0514. The third kappa shape index (κ3) is 4.46. The molecule has 0 spiro atoms. The van der Waals surface area contributed by atoms with E-state index in [9.17, 15) is 14.4 Å². The Morgan fingerprint density at radius 1 is 1.19 bits per heavy atom. The number of nitrogens with zero attached hydrogens (tertiary/aromatic N) is 1. The Kier molecular flexibility index (Phi) is 6.95. The van der Waals surface area contributed by atoms with Gasteiger partial charge in [-0.1, -0.05) is 6.92 Å². The SMILES string of the molecule is CCCNC(=O)c1ccc(N2COCC(C(=O)OC)=C2C(=O)OC)c(C)c1. The fraction of sp³-hybridized carbons (Fsp3) is 0.421. The lowest BCUT2D eigenvalue weighted by molar-refractivity contribution is -0.140. The van der Waals surface area contributed by atoms with E-state index in [0.29, 0.717) is 17.8 Å². The van der Waals surface area contributed by atoms with E-state index >= 15 is 0 Å². The highest BCUT2D eigenvalue weighted by atomic mass is 16.5. The lowest BCUT2D eigenvalue weighted by Gasteiger charge is -2.32. The summed E-state index contributed by atoms with van der Waals surface area (Å²) in [5, 5.41) is 2.82. The molecule has 0 saturated carbocycles. The Labute approximate surface area is 158 Å². The summed E-state index contributed by atoms with van der Waals surface area (Å²) in [7, 11) is 2.48. The summed E-state index contributed by atoms with van der Waals surface area (Å²) in [6.07, 6.45) is 0.845. The summed E-state index contributed by atoms with van der Waals surface area (Å²) in [4.78, 5) is 38.1. The molecule has 8 heteroatoms. The van der Waals surface area contributed by atoms with Gasteiger partial charge in [-0.2, -0.15) is 0 Å². The second-order valence-electron chi connectivity index (χ2n) is 5.97. The number of methoxy groups -OCH3 is 2. The molecule has 0 aliphatic carbocycles. The van der Waals surface area contributed by atoms with Gasteiger partial charge in [0.25, 0.3) is 5.91 Å². The molecule has 27 heavy (non-hydrogen) atoms. The van der Waals surface area contributed by atoms with Crippen LogP contribution in [0.5, 0.6) is 0 Å². The van der Waals surface area contributed by atoms with Gasteiger partial charge in [0.1, 0.15) is 12.4 Å². The van der Waals surface area contributed by atoms with Gasteiger partial charge in [-0.3, -0.25) is 4.79 Å². The maximum absolute atomic E-state index is 12.3. The average Bonchev–Trinajstić information content (AvgIpc) is 2.70. The molecule has 1 aromatic rings. The first-order valence-corrected chi connectivity index (χ1v) is 8.58. The second kappa shape index (κ2) is 9.18. The highest BCUT2D eigenvalue weighted by Crippen LogP contribution is 2.29. The molecule has 1 amide bonds. The minimum Gasteiger partial charge on any atom is -0.466 e. The normalized spacial score (nSPS) is 14.0. The zero-order chi connectivity index (χ0) is 20.0. The highest BCUT2D eigenvalue weighted by molar-refractivity contribution is 6.03. The van der Waals surface area contributed by atoms with Crippen molar-refractivity contribution < 1.29 is 28.6 Å². The molecular weight excluding hydrogens is 352 g/mol. The van der Waals surface area contributed by atoms with Gasteiger partial charge in [-0.25, -0.2) is 9.59 Å². The molecule has 146 valence electrons. The van der Waals surface area contributed by atoms with Crippen LogP contribution in [0.15, 0.2) is 29.5 Å². The smallest absolute Gasteiger partial charge is 0.355 e. The Morgan fingerprint density at radius 3 is 2.48 bits per heavy atom. The maximum Gasteiger partial charge on any atom is 0.355 e. The van der Waals surface area contributed by atoms with Gasteiger partial charge in [0, 0.05) is 17.8 Å². The first kappa shape index (κ1) is 20.4. The molecule has 1 aliphatic rings. The van der Waals surface area contributed by atoms with Crippen molar-refractivity contribution in [2.75, 3.05) is 39.0 Å². The van der Waals surface area contributed by atoms with Crippen LogP contribution in [0.2, 0.25) is 0 Å². The Morgan fingerprint density at radius 2 is 1.89 bits per heavy atom. The molecule has 0 unspecified atom stereocenters. The fourth-order valence-corrected chi connectivity index (χ4v) is 2.77. The molecule has 2 rings (SSSR count). The molecular formula is C19H24N2O6. The summed E-state index contributed by atoms with van der Waals surface area (Å²) < 4.78 is 15.1. The van der Waals surface area contributed by atoms with Crippen LogP contribution in [-0.2, 0) is 23.8 Å². The molecule has 0 fully saturated rings. The lowest BCUT2D eigenvalue weighted by Crippen LogP contribution is -2.39. The van der Waals surface area contributed by atoms with Crippen LogP contribution in [0.4, 0.5) is 5.69 Å². The predicted molar refractivity (Wildman–Crippen MR) is 98.2 cm³/mol. The van der Waals surface area contributed by atoms with Crippen molar-refractivity contribution in [3.8, 4) is 0 Å². The van der Waals surface area contributed by atoms with Crippen LogP contribution in [0, 0.1) is 6.92 Å². The van der Waals surface area contributed by atoms with E-state index in [4.69, 9.17) is 14.2 Å². The number of carbonyl (C=O) groups is 3. The molecule has 1 heterocycles. The number of carbonyl (C=O) groups excluding carboxylic acids is 3. The zero-order valence-electron chi connectivity index (χ0n) is 16.0. The quantitative estimate of drug-likeness (QED) is 0.753. The van der Waals surface area contributed by atoms with E-state index in [-0.39, 0.29) is 30.5 Å². The topological polar surface area (TPSA) is 94.2 Å². The van der Waals surface area contributed by atoms with Crippen LogP contribution in [-0.4, -0.2) is 51.9 Å². The Balaban J connectivity index is 2.44. The van der Waals surface area contributed by atoms with E-state index in [0.717, 1.165) is 12.0 Å². The Hall–Kier alpha value is -2.87. The summed E-state index contributed by atoms with van der Waals surface area (Å²) in [5.41, 5.74) is 2.04. The van der Waals surface area contributed by atoms with Crippen molar-refractivity contribution >= 4 is 23.5 Å². The number of anilines is 1. The number of amides is 1. The fourth-order valence-electron chi connectivity index (χ4n) is 2.77. The molecule has 0 radical (unpaired) electrons. The molecule has 0 bridgehead atoms. The molecule has 1 N–H and O–H groups in total. The van der Waals surface area contributed by atoms with Crippen molar-refractivity contribution in [3.05, 3.63) is 40.6 Å². The number of ether oxygens (including phenoxy) is 3. The maximum atomic E-state index is 12.3. The van der Waals surface area contributed by atoms with Crippen LogP contribution >= 0.6 is 0 Å². The second-order valence-corrected chi connectivity index (χ2v) is 5.97. The number of benzene rings is 1. The van der Waals surface area contributed by atoms with Crippen LogP contribution in [0.25, 0.3) is 0 Å². The van der Waals surface area contributed by atoms with E-state index in [2.05, 4.69) is 5.32 Å². The van der Waals surface area contributed by atoms with E-state index in [1.54, 1.807) is 23.1 Å². The van der Waals surface area contributed by atoms with Gasteiger partial charge in [0.15, 0.2) is 0 Å². The molecule has 1 aliphatic heterocycles. The summed E-state index contributed by atoms with van der Waals surface area (Å²) in [6.45, 7) is 4.40. The number of aryl methyl sites for hydroxylation is 1. The van der Waals surface area contributed by atoms with E-state index in [1.807, 2.05) is 13.8 Å². The molecule has 0 saturated heterocycles. The zero-order valence-corrected chi connectivity index (χ0v) is 16.0. The van der Waals surface area contributed by atoms with Gasteiger partial charge >= 0.3 is 11.9 Å². The third-order valence-electron chi connectivity index (χ3n) is 4.12. The van der Waals surface area contributed by atoms with Gasteiger partial charge < -0.3 is 24.4 Å². The van der Waals surface area contributed by atoms with Crippen LogP contribution < -0.4 is 10.2 Å². The average molecular weight is 376 g/mol. The molecule has 0 aromatic heterocycles. The first-order valence-electron chi connectivity index (χ1n) is 8.58. The predicted octanol–water partition coefficient (Wildman–Crippen LogP) is 1.53. The summed E-state index contributed by atoms with van der Waals surface area (Å²) in [6, 6.07) is 5.10. The van der Waals surface area contributed by atoms with E-state index < -0.39 is 11.9 Å². The summed E-state index contributed by atoms with van der Waals surface area (Å²) in [5.74, 6) is -1.49. The third-order valence-corrected chi connectivity index (χ3v) is 4.12. The molecule has 8 nitrogen and oxygen atoms in total. The first-order chi connectivity index (χ1) is 12.9. The van der Waals surface area contributed by atoms with Gasteiger partial charge in [-0.15, -0.1) is 0 Å².